The summed E-state index contributed by atoms with van der Waals surface area (Å²) in [6, 6.07) is 16.2. The van der Waals surface area contributed by atoms with Crippen molar-refractivity contribution in [3.63, 3.8) is 0 Å². The standard InChI is InChI=1S/C18H17ClO/c1-2-15-5-7-17(8-6-15)14-20-18-11-9-16(10-12-18)4-3-13-19/h5-12H,2,13-14H2,1H3. The predicted octanol–water partition coefficient (Wildman–Crippen LogP) is 4.42. The van der Waals surface area contributed by atoms with Crippen molar-refractivity contribution < 1.29 is 4.74 Å². The van der Waals surface area contributed by atoms with Crippen LogP contribution in [0.3, 0.4) is 0 Å². The quantitative estimate of drug-likeness (QED) is 0.596. The number of benzene rings is 2. The van der Waals surface area contributed by atoms with Crippen LogP contribution >= 0.6 is 11.6 Å². The molecule has 0 fully saturated rings. The molecule has 0 bridgehead atoms. The summed E-state index contributed by atoms with van der Waals surface area (Å²) in [4.78, 5) is 0. The number of aryl methyl sites for hydroxylation is 1. The highest BCUT2D eigenvalue weighted by atomic mass is 35.5. The zero-order chi connectivity index (χ0) is 14.2. The van der Waals surface area contributed by atoms with Crippen molar-refractivity contribution in [2.75, 3.05) is 5.88 Å². The largest absolute Gasteiger partial charge is 0.489 e. The van der Waals surface area contributed by atoms with Gasteiger partial charge in [0.2, 0.25) is 0 Å². The molecule has 2 heteroatoms. The first kappa shape index (κ1) is 14.5. The maximum absolute atomic E-state index is 5.75. The third-order valence-corrected chi connectivity index (χ3v) is 3.12. The number of hydrogen-bond acceptors (Lipinski definition) is 1. The van der Waals surface area contributed by atoms with Gasteiger partial charge in [0, 0.05) is 5.56 Å². The number of halogens is 1. The van der Waals surface area contributed by atoms with Crippen LogP contribution in [0.5, 0.6) is 5.75 Å². The smallest absolute Gasteiger partial charge is 0.119 e. The Balaban J connectivity index is 1.93. The topological polar surface area (TPSA) is 9.23 Å². The average Bonchev–Trinajstić information content (AvgIpc) is 2.52. The van der Waals surface area contributed by atoms with E-state index in [9.17, 15) is 0 Å². The van der Waals surface area contributed by atoms with Gasteiger partial charge in [-0.1, -0.05) is 43.0 Å². The molecule has 0 N–H and O–H groups in total. The Morgan fingerprint density at radius 1 is 0.950 bits per heavy atom. The summed E-state index contributed by atoms with van der Waals surface area (Å²) in [5, 5.41) is 0. The molecular formula is C18H17ClO. The molecule has 2 aromatic rings. The Kier molecular flexibility index (Phi) is 5.53. The van der Waals surface area contributed by atoms with E-state index in [1.54, 1.807) is 0 Å². The van der Waals surface area contributed by atoms with Crippen LogP contribution in [0.2, 0.25) is 0 Å². The number of rotatable bonds is 4. The fourth-order valence-corrected chi connectivity index (χ4v) is 1.87. The Morgan fingerprint density at radius 2 is 1.60 bits per heavy atom. The van der Waals surface area contributed by atoms with Gasteiger partial charge in [-0.2, -0.15) is 0 Å². The third kappa shape index (κ3) is 4.33. The van der Waals surface area contributed by atoms with E-state index in [1.807, 2.05) is 24.3 Å². The van der Waals surface area contributed by atoms with E-state index in [2.05, 4.69) is 43.0 Å². The van der Waals surface area contributed by atoms with Crippen LogP contribution in [-0.4, -0.2) is 5.88 Å². The minimum Gasteiger partial charge on any atom is -0.489 e. The second-order valence-corrected chi connectivity index (χ2v) is 4.69. The molecule has 0 atom stereocenters. The first-order chi connectivity index (χ1) is 9.81. The molecule has 1 nitrogen and oxygen atoms in total. The highest BCUT2D eigenvalue weighted by Crippen LogP contribution is 2.14. The van der Waals surface area contributed by atoms with Crippen molar-refractivity contribution in [3.8, 4) is 17.6 Å². The molecule has 0 aliphatic heterocycles. The van der Waals surface area contributed by atoms with Crippen molar-refractivity contribution in [2.45, 2.75) is 20.0 Å². The van der Waals surface area contributed by atoms with Gasteiger partial charge in [-0.05, 0) is 41.8 Å². The first-order valence-electron chi connectivity index (χ1n) is 6.67. The van der Waals surface area contributed by atoms with Crippen molar-refractivity contribution >= 4 is 11.6 Å². The highest BCUT2D eigenvalue weighted by molar-refractivity contribution is 6.19. The monoisotopic (exact) mass is 284 g/mol. The van der Waals surface area contributed by atoms with E-state index in [4.69, 9.17) is 16.3 Å². The number of alkyl halides is 1. The van der Waals surface area contributed by atoms with Crippen LogP contribution in [0.25, 0.3) is 0 Å². The number of hydrogen-bond donors (Lipinski definition) is 0. The Bertz CT molecular complexity index is 588. The summed E-state index contributed by atoms with van der Waals surface area (Å²) in [6.45, 7) is 2.73. The zero-order valence-corrected chi connectivity index (χ0v) is 12.3. The van der Waals surface area contributed by atoms with E-state index in [0.29, 0.717) is 12.5 Å². The lowest BCUT2D eigenvalue weighted by Gasteiger charge is -2.07. The van der Waals surface area contributed by atoms with E-state index in [-0.39, 0.29) is 0 Å². The molecule has 0 aromatic heterocycles. The summed E-state index contributed by atoms with van der Waals surface area (Å²) in [5.74, 6) is 7.00. The minimum absolute atomic E-state index is 0.353. The second-order valence-electron chi connectivity index (χ2n) is 4.42. The van der Waals surface area contributed by atoms with E-state index in [1.165, 1.54) is 11.1 Å². The van der Waals surface area contributed by atoms with Crippen LogP contribution in [0.4, 0.5) is 0 Å². The minimum atomic E-state index is 0.353. The van der Waals surface area contributed by atoms with E-state index in [0.717, 1.165) is 17.7 Å². The van der Waals surface area contributed by atoms with Crippen LogP contribution in [-0.2, 0) is 13.0 Å². The Hall–Kier alpha value is -1.91. The van der Waals surface area contributed by atoms with E-state index >= 15 is 0 Å². The van der Waals surface area contributed by atoms with Gasteiger partial charge in [-0.25, -0.2) is 0 Å². The Labute approximate surface area is 125 Å². The summed E-state index contributed by atoms with van der Waals surface area (Å²) in [5.41, 5.74) is 3.47. The maximum atomic E-state index is 5.75. The van der Waals surface area contributed by atoms with E-state index < -0.39 is 0 Å². The van der Waals surface area contributed by atoms with Crippen LogP contribution in [0, 0.1) is 11.8 Å². The molecule has 0 amide bonds. The third-order valence-electron chi connectivity index (χ3n) is 2.99. The summed E-state index contributed by atoms with van der Waals surface area (Å²) in [6.07, 6.45) is 1.06. The van der Waals surface area contributed by atoms with Crippen molar-refractivity contribution in [3.05, 3.63) is 65.2 Å². The molecule has 20 heavy (non-hydrogen) atoms. The van der Waals surface area contributed by atoms with Crippen molar-refractivity contribution in [1.82, 2.24) is 0 Å². The van der Waals surface area contributed by atoms with Crippen LogP contribution in [0.15, 0.2) is 48.5 Å². The van der Waals surface area contributed by atoms with Gasteiger partial charge >= 0.3 is 0 Å². The molecule has 0 spiro atoms. The van der Waals surface area contributed by atoms with Gasteiger partial charge in [0.1, 0.15) is 12.4 Å². The highest BCUT2D eigenvalue weighted by Gasteiger charge is 1.97. The summed E-state index contributed by atoms with van der Waals surface area (Å²) >= 11 is 5.52. The fraction of sp³-hybridized carbons (Fsp3) is 0.222. The molecular weight excluding hydrogens is 268 g/mol. The average molecular weight is 285 g/mol. The maximum Gasteiger partial charge on any atom is 0.119 e. The Morgan fingerprint density at radius 3 is 2.20 bits per heavy atom. The fourth-order valence-electron chi connectivity index (χ4n) is 1.81. The van der Waals surface area contributed by atoms with Gasteiger partial charge in [-0.15, -0.1) is 11.6 Å². The van der Waals surface area contributed by atoms with Crippen molar-refractivity contribution in [2.24, 2.45) is 0 Å². The van der Waals surface area contributed by atoms with Gasteiger partial charge in [-0.3, -0.25) is 0 Å². The lowest BCUT2D eigenvalue weighted by molar-refractivity contribution is 0.306. The van der Waals surface area contributed by atoms with Crippen LogP contribution < -0.4 is 4.74 Å². The van der Waals surface area contributed by atoms with Gasteiger partial charge in [0.25, 0.3) is 0 Å². The first-order valence-corrected chi connectivity index (χ1v) is 7.21. The summed E-state index contributed by atoms with van der Waals surface area (Å²) in [7, 11) is 0. The molecule has 0 radical (unpaired) electrons. The lowest BCUT2D eigenvalue weighted by atomic mass is 10.1. The lowest BCUT2D eigenvalue weighted by Crippen LogP contribution is -1.95. The second kappa shape index (κ2) is 7.62. The van der Waals surface area contributed by atoms with Crippen molar-refractivity contribution in [1.29, 1.82) is 0 Å². The predicted molar refractivity (Wildman–Crippen MR) is 84.2 cm³/mol. The summed E-state index contributed by atoms with van der Waals surface area (Å²) < 4.78 is 5.75. The zero-order valence-electron chi connectivity index (χ0n) is 11.5. The SMILES string of the molecule is CCc1ccc(COc2ccc(C#CCCl)cc2)cc1. The molecule has 0 aliphatic carbocycles. The van der Waals surface area contributed by atoms with Gasteiger partial charge in [0.15, 0.2) is 0 Å². The normalized spacial score (nSPS) is 9.70. The molecule has 0 saturated carbocycles. The molecule has 2 aromatic carbocycles. The molecule has 0 aliphatic rings. The molecule has 0 saturated heterocycles. The molecule has 0 unspecified atom stereocenters. The molecule has 102 valence electrons. The van der Waals surface area contributed by atoms with Gasteiger partial charge in [0.05, 0.1) is 5.88 Å². The molecule has 0 heterocycles. The number of ether oxygens (including phenoxy) is 1. The molecule has 2 rings (SSSR count). The van der Waals surface area contributed by atoms with Crippen LogP contribution in [0.1, 0.15) is 23.6 Å². The van der Waals surface area contributed by atoms with Gasteiger partial charge < -0.3 is 4.74 Å².